The van der Waals surface area contributed by atoms with Crippen LogP contribution >= 0.6 is 0 Å². The number of rotatable bonds is 5. The number of benzene rings is 1. The van der Waals surface area contributed by atoms with Crippen molar-refractivity contribution in [2.75, 3.05) is 23.0 Å². The summed E-state index contributed by atoms with van der Waals surface area (Å²) in [6.45, 7) is 2.54. The van der Waals surface area contributed by atoms with Crippen molar-refractivity contribution in [3.05, 3.63) is 42.0 Å². The summed E-state index contributed by atoms with van der Waals surface area (Å²) in [5.41, 5.74) is 10.9. The first kappa shape index (κ1) is 14.5. The van der Waals surface area contributed by atoms with Gasteiger partial charge in [-0.15, -0.1) is 0 Å². The molecule has 21 heavy (non-hydrogen) atoms. The van der Waals surface area contributed by atoms with Gasteiger partial charge >= 0.3 is 0 Å². The molecule has 0 bridgehead atoms. The third-order valence-corrected chi connectivity index (χ3v) is 2.64. The monoisotopic (exact) mass is 290 g/mol. The van der Waals surface area contributed by atoms with Crippen LogP contribution in [0.4, 0.5) is 21.7 Å². The van der Waals surface area contributed by atoms with Crippen molar-refractivity contribution in [2.45, 2.75) is 6.92 Å². The molecule has 8 heteroatoms. The molecule has 0 unspecified atom stereocenters. The van der Waals surface area contributed by atoms with Gasteiger partial charge in [0.15, 0.2) is 11.6 Å². The number of amides is 1. The van der Waals surface area contributed by atoms with Crippen molar-refractivity contribution in [1.29, 1.82) is 0 Å². The summed E-state index contributed by atoms with van der Waals surface area (Å²) in [5.74, 6) is -0.558. The number of carbonyl (C=O) groups excluding carboxylic acids is 1. The molecule has 0 aliphatic carbocycles. The molecule has 0 aliphatic rings. The fraction of sp³-hybridized carbons (Fsp3) is 0.154. The number of aromatic nitrogens is 2. The predicted molar refractivity (Wildman–Crippen MR) is 78.1 cm³/mol. The quantitative estimate of drug-likeness (QED) is 0.620. The third-order valence-electron chi connectivity index (χ3n) is 2.64. The van der Waals surface area contributed by atoms with Gasteiger partial charge in [-0.2, -0.15) is 0 Å². The zero-order chi connectivity index (χ0) is 15.2. The van der Waals surface area contributed by atoms with E-state index in [1.54, 1.807) is 6.07 Å². The van der Waals surface area contributed by atoms with E-state index in [9.17, 15) is 9.18 Å². The minimum atomic E-state index is -0.629. The smallest absolute Gasteiger partial charge is 0.272 e. The number of halogens is 1. The van der Waals surface area contributed by atoms with E-state index in [4.69, 9.17) is 5.73 Å². The number of nitrogen functional groups attached to an aromatic ring is 1. The summed E-state index contributed by atoms with van der Waals surface area (Å²) in [4.78, 5) is 19.7. The molecule has 0 saturated heterocycles. The van der Waals surface area contributed by atoms with Gasteiger partial charge in [0.05, 0.1) is 5.56 Å². The molecule has 7 nitrogen and oxygen atoms in total. The molecule has 0 aliphatic heterocycles. The summed E-state index contributed by atoms with van der Waals surface area (Å²) >= 11 is 0. The highest BCUT2D eigenvalue weighted by molar-refractivity contribution is 5.95. The molecular weight excluding hydrogens is 275 g/mol. The lowest BCUT2D eigenvalue weighted by molar-refractivity contribution is 0.0958. The summed E-state index contributed by atoms with van der Waals surface area (Å²) < 4.78 is 13.5. The van der Waals surface area contributed by atoms with Gasteiger partial charge in [-0.25, -0.2) is 14.4 Å². The van der Waals surface area contributed by atoms with Crippen LogP contribution in [0.2, 0.25) is 0 Å². The van der Waals surface area contributed by atoms with Crippen molar-refractivity contribution < 1.29 is 9.18 Å². The second kappa shape index (κ2) is 6.51. The number of hydrogen-bond donors (Lipinski definition) is 4. The molecule has 2 aromatic rings. The van der Waals surface area contributed by atoms with Crippen LogP contribution in [0.25, 0.3) is 0 Å². The van der Waals surface area contributed by atoms with Gasteiger partial charge in [0.25, 0.3) is 5.91 Å². The van der Waals surface area contributed by atoms with Crippen molar-refractivity contribution in [2.24, 2.45) is 0 Å². The van der Waals surface area contributed by atoms with Gasteiger partial charge in [0.1, 0.15) is 17.8 Å². The first-order chi connectivity index (χ1) is 10.1. The summed E-state index contributed by atoms with van der Waals surface area (Å²) in [6, 6.07) is 5.65. The topological polar surface area (TPSA) is 105 Å². The minimum Gasteiger partial charge on any atom is -0.393 e. The van der Waals surface area contributed by atoms with Gasteiger partial charge in [-0.1, -0.05) is 12.1 Å². The van der Waals surface area contributed by atoms with E-state index in [2.05, 4.69) is 26.1 Å². The number of nitrogens with two attached hydrogens (primary N) is 1. The molecular formula is C13H15FN6O. The van der Waals surface area contributed by atoms with Gasteiger partial charge in [-0.3, -0.25) is 15.6 Å². The molecule has 1 aromatic carbocycles. The number of carbonyl (C=O) groups is 1. The van der Waals surface area contributed by atoms with Crippen LogP contribution in [-0.2, 0) is 0 Å². The summed E-state index contributed by atoms with van der Waals surface area (Å²) in [5, 5.41) is 2.96. The first-order valence-electron chi connectivity index (χ1n) is 6.28. The Balaban J connectivity index is 2.08. The van der Waals surface area contributed by atoms with Crippen LogP contribution in [0.1, 0.15) is 17.3 Å². The Morgan fingerprint density at radius 1 is 1.29 bits per heavy atom. The number of hydrazine groups is 1. The zero-order valence-corrected chi connectivity index (χ0v) is 11.4. The molecule has 1 amide bonds. The lowest BCUT2D eigenvalue weighted by Crippen LogP contribution is -2.31. The Bertz CT molecular complexity index is 648. The van der Waals surface area contributed by atoms with Gasteiger partial charge in [-0.05, 0) is 19.1 Å². The van der Waals surface area contributed by atoms with Gasteiger partial charge in [0.2, 0.25) is 0 Å². The van der Waals surface area contributed by atoms with E-state index < -0.39 is 11.7 Å². The maximum atomic E-state index is 13.5. The molecule has 1 aromatic heterocycles. The highest BCUT2D eigenvalue weighted by Gasteiger charge is 2.12. The molecule has 0 fully saturated rings. The second-order valence-electron chi connectivity index (χ2n) is 4.07. The van der Waals surface area contributed by atoms with Crippen LogP contribution in [0, 0.1) is 5.82 Å². The zero-order valence-electron chi connectivity index (χ0n) is 11.4. The molecule has 110 valence electrons. The molecule has 0 spiro atoms. The maximum Gasteiger partial charge on any atom is 0.272 e. The largest absolute Gasteiger partial charge is 0.393 e. The van der Waals surface area contributed by atoms with Crippen LogP contribution in [0.15, 0.2) is 30.6 Å². The SMILES string of the molecule is CCNc1ncnc(NNC(=O)c2ccccc2F)c1N. The Kier molecular flexibility index (Phi) is 4.50. The van der Waals surface area contributed by atoms with Crippen LogP contribution in [0.5, 0.6) is 0 Å². The Morgan fingerprint density at radius 3 is 2.71 bits per heavy atom. The highest BCUT2D eigenvalue weighted by atomic mass is 19.1. The fourth-order valence-corrected chi connectivity index (χ4v) is 1.63. The number of hydrogen-bond acceptors (Lipinski definition) is 6. The Hall–Kier alpha value is -2.90. The molecule has 2 rings (SSSR count). The number of nitrogens with one attached hydrogen (secondary N) is 3. The van der Waals surface area contributed by atoms with Crippen LogP contribution in [-0.4, -0.2) is 22.4 Å². The minimum absolute atomic E-state index is 0.0791. The lowest BCUT2D eigenvalue weighted by Gasteiger charge is -2.12. The van der Waals surface area contributed by atoms with Crippen molar-refractivity contribution >= 4 is 23.2 Å². The Morgan fingerprint density at radius 2 is 2.00 bits per heavy atom. The summed E-state index contributed by atoms with van der Waals surface area (Å²) in [7, 11) is 0. The lowest BCUT2D eigenvalue weighted by atomic mass is 10.2. The molecule has 0 saturated carbocycles. The Labute approximate surface area is 120 Å². The highest BCUT2D eigenvalue weighted by Crippen LogP contribution is 2.21. The normalized spacial score (nSPS) is 10.0. The average molecular weight is 290 g/mol. The molecule has 1 heterocycles. The van der Waals surface area contributed by atoms with Crippen LogP contribution in [0.3, 0.4) is 0 Å². The maximum absolute atomic E-state index is 13.5. The van der Waals surface area contributed by atoms with E-state index in [0.717, 1.165) is 0 Å². The molecule has 0 radical (unpaired) electrons. The fourth-order valence-electron chi connectivity index (χ4n) is 1.63. The van der Waals surface area contributed by atoms with Crippen molar-refractivity contribution in [3.8, 4) is 0 Å². The van der Waals surface area contributed by atoms with Crippen molar-refractivity contribution in [3.63, 3.8) is 0 Å². The van der Waals surface area contributed by atoms with Gasteiger partial charge in [0, 0.05) is 6.54 Å². The molecule has 0 atom stereocenters. The van der Waals surface area contributed by atoms with Crippen molar-refractivity contribution in [1.82, 2.24) is 15.4 Å². The van der Waals surface area contributed by atoms with Crippen LogP contribution < -0.4 is 21.9 Å². The van der Waals surface area contributed by atoms with E-state index in [0.29, 0.717) is 12.4 Å². The number of anilines is 3. The predicted octanol–water partition coefficient (Wildman–Crippen LogP) is 1.39. The summed E-state index contributed by atoms with van der Waals surface area (Å²) in [6.07, 6.45) is 1.30. The van der Waals surface area contributed by atoms with E-state index in [1.807, 2.05) is 6.92 Å². The van der Waals surface area contributed by atoms with E-state index >= 15 is 0 Å². The third kappa shape index (κ3) is 3.35. The average Bonchev–Trinajstić information content (AvgIpc) is 2.48. The number of nitrogens with zero attached hydrogens (tertiary/aromatic N) is 2. The first-order valence-corrected chi connectivity index (χ1v) is 6.28. The van der Waals surface area contributed by atoms with E-state index in [1.165, 1.54) is 24.5 Å². The second-order valence-corrected chi connectivity index (χ2v) is 4.07. The standard InChI is InChI=1S/C13H15FN6O/c1-2-16-11-10(15)12(18-7-17-11)19-20-13(21)8-5-3-4-6-9(8)14/h3-7H,2,15H2,1H3,(H,20,21)(H2,16,17,18,19). The molecule has 5 N–H and O–H groups in total. The van der Waals surface area contributed by atoms with E-state index in [-0.39, 0.29) is 17.1 Å². The van der Waals surface area contributed by atoms with Gasteiger partial charge < -0.3 is 11.1 Å².